The van der Waals surface area contributed by atoms with Crippen LogP contribution in [0.1, 0.15) is 5.56 Å². The van der Waals surface area contributed by atoms with Crippen LogP contribution in [0, 0.1) is 11.8 Å². The zero-order valence-corrected chi connectivity index (χ0v) is 6.81. The Morgan fingerprint density at radius 1 is 1.27 bits per heavy atom. The lowest BCUT2D eigenvalue weighted by molar-refractivity contribution is 0.475. The van der Waals surface area contributed by atoms with Crippen LogP contribution in [0.3, 0.4) is 0 Å². The van der Waals surface area contributed by atoms with Crippen molar-refractivity contribution in [2.75, 3.05) is 5.75 Å². The normalized spacial score (nSPS) is 8.45. The Kier molecular flexibility index (Phi) is 2.88. The average molecular weight is 164 g/mol. The minimum Gasteiger partial charge on any atom is -0.508 e. The third-order valence-corrected chi connectivity index (χ3v) is 1.34. The summed E-state index contributed by atoms with van der Waals surface area (Å²) in [5.41, 5.74) is 0.900. The molecule has 0 amide bonds. The zero-order chi connectivity index (χ0) is 8.10. The van der Waals surface area contributed by atoms with Crippen molar-refractivity contribution in [2.24, 2.45) is 0 Å². The Balaban J connectivity index is 2.82. The standard InChI is InChI=1S/C9H8OS/c10-9-5-3-8(4-6-9)2-1-7-11/h3-6,10-11H,7H2. The molecule has 0 atom stereocenters. The van der Waals surface area contributed by atoms with Gasteiger partial charge in [0.2, 0.25) is 0 Å². The summed E-state index contributed by atoms with van der Waals surface area (Å²) in [6.07, 6.45) is 0. The first kappa shape index (κ1) is 8.03. The van der Waals surface area contributed by atoms with Crippen LogP contribution in [0.2, 0.25) is 0 Å². The highest BCUT2D eigenvalue weighted by Crippen LogP contribution is 2.07. The van der Waals surface area contributed by atoms with Gasteiger partial charge in [-0.15, -0.1) is 0 Å². The van der Waals surface area contributed by atoms with E-state index in [2.05, 4.69) is 24.5 Å². The first-order valence-corrected chi connectivity index (χ1v) is 3.85. The second kappa shape index (κ2) is 3.95. The van der Waals surface area contributed by atoms with Crippen LogP contribution in [0.4, 0.5) is 0 Å². The number of aromatic hydroxyl groups is 1. The van der Waals surface area contributed by atoms with Gasteiger partial charge >= 0.3 is 0 Å². The van der Waals surface area contributed by atoms with Gasteiger partial charge in [-0.1, -0.05) is 11.8 Å². The number of benzene rings is 1. The third kappa shape index (κ3) is 2.57. The van der Waals surface area contributed by atoms with E-state index in [1.165, 1.54) is 0 Å². The quantitative estimate of drug-likeness (QED) is 0.441. The summed E-state index contributed by atoms with van der Waals surface area (Å²) in [4.78, 5) is 0. The molecule has 56 valence electrons. The van der Waals surface area contributed by atoms with Crippen molar-refractivity contribution < 1.29 is 5.11 Å². The van der Waals surface area contributed by atoms with Crippen molar-refractivity contribution in [1.82, 2.24) is 0 Å². The molecule has 0 bridgehead atoms. The van der Waals surface area contributed by atoms with E-state index in [1.807, 2.05) is 0 Å². The molecule has 0 spiro atoms. The molecule has 0 heterocycles. The SMILES string of the molecule is Oc1ccc(C#CCS)cc1. The summed E-state index contributed by atoms with van der Waals surface area (Å²) in [6.45, 7) is 0. The van der Waals surface area contributed by atoms with Gasteiger partial charge in [-0.3, -0.25) is 0 Å². The average Bonchev–Trinajstić information content (AvgIpc) is 2.04. The van der Waals surface area contributed by atoms with Crippen LogP contribution in [-0.2, 0) is 0 Å². The van der Waals surface area contributed by atoms with Gasteiger partial charge in [0, 0.05) is 5.56 Å². The predicted octanol–water partition coefficient (Wildman–Crippen LogP) is 1.67. The van der Waals surface area contributed by atoms with E-state index in [9.17, 15) is 0 Å². The van der Waals surface area contributed by atoms with E-state index in [0.29, 0.717) is 5.75 Å². The van der Waals surface area contributed by atoms with Crippen LogP contribution >= 0.6 is 12.6 Å². The molecule has 11 heavy (non-hydrogen) atoms. The molecule has 0 saturated carbocycles. The molecule has 2 heteroatoms. The van der Waals surface area contributed by atoms with Gasteiger partial charge in [-0.2, -0.15) is 12.6 Å². The topological polar surface area (TPSA) is 20.2 Å². The molecular weight excluding hydrogens is 156 g/mol. The number of rotatable bonds is 0. The Hall–Kier alpha value is -1.07. The molecule has 0 aliphatic carbocycles. The Morgan fingerprint density at radius 3 is 2.45 bits per heavy atom. The number of hydrogen-bond acceptors (Lipinski definition) is 2. The maximum absolute atomic E-state index is 8.92. The fourth-order valence-electron chi connectivity index (χ4n) is 0.686. The molecule has 1 aromatic rings. The van der Waals surface area contributed by atoms with Crippen molar-refractivity contribution in [1.29, 1.82) is 0 Å². The number of thiol groups is 1. The van der Waals surface area contributed by atoms with E-state index in [1.54, 1.807) is 24.3 Å². The third-order valence-electron chi connectivity index (χ3n) is 1.18. The van der Waals surface area contributed by atoms with Gasteiger partial charge in [0.1, 0.15) is 5.75 Å². The summed E-state index contributed by atoms with van der Waals surface area (Å²) >= 11 is 3.95. The molecular formula is C9H8OS. The fourth-order valence-corrected chi connectivity index (χ4v) is 0.765. The van der Waals surface area contributed by atoms with E-state index in [0.717, 1.165) is 5.56 Å². The second-order valence-corrected chi connectivity index (χ2v) is 2.32. The second-order valence-electron chi connectivity index (χ2n) is 2.01. The summed E-state index contributed by atoms with van der Waals surface area (Å²) in [7, 11) is 0. The molecule has 0 unspecified atom stereocenters. The largest absolute Gasteiger partial charge is 0.508 e. The van der Waals surface area contributed by atoms with Crippen molar-refractivity contribution in [2.45, 2.75) is 0 Å². The first-order chi connectivity index (χ1) is 5.33. The van der Waals surface area contributed by atoms with Gasteiger partial charge in [-0.25, -0.2) is 0 Å². The van der Waals surface area contributed by atoms with Gasteiger partial charge in [0.15, 0.2) is 0 Å². The van der Waals surface area contributed by atoms with Crippen LogP contribution in [0.5, 0.6) is 5.75 Å². The Bertz CT molecular complexity index is 279. The molecule has 0 aliphatic rings. The van der Waals surface area contributed by atoms with Crippen molar-refractivity contribution in [3.05, 3.63) is 29.8 Å². The zero-order valence-electron chi connectivity index (χ0n) is 5.91. The van der Waals surface area contributed by atoms with Crippen molar-refractivity contribution >= 4 is 12.6 Å². The van der Waals surface area contributed by atoms with E-state index < -0.39 is 0 Å². The summed E-state index contributed by atoms with van der Waals surface area (Å²) in [5, 5.41) is 8.92. The van der Waals surface area contributed by atoms with E-state index >= 15 is 0 Å². The minimum absolute atomic E-state index is 0.265. The Labute approximate surface area is 71.5 Å². The van der Waals surface area contributed by atoms with Gasteiger partial charge < -0.3 is 5.11 Å². The lowest BCUT2D eigenvalue weighted by Gasteiger charge is -1.89. The highest BCUT2D eigenvalue weighted by atomic mass is 32.1. The fraction of sp³-hybridized carbons (Fsp3) is 0.111. The molecule has 0 fully saturated rings. The number of phenolic OH excluding ortho intramolecular Hbond substituents is 1. The highest BCUT2D eigenvalue weighted by Gasteiger charge is 1.85. The summed E-state index contributed by atoms with van der Waals surface area (Å²) in [6, 6.07) is 6.77. The lowest BCUT2D eigenvalue weighted by atomic mass is 10.2. The number of phenols is 1. The van der Waals surface area contributed by atoms with Crippen molar-refractivity contribution in [3.8, 4) is 17.6 Å². The van der Waals surface area contributed by atoms with Crippen molar-refractivity contribution in [3.63, 3.8) is 0 Å². The molecule has 0 aliphatic heterocycles. The minimum atomic E-state index is 0.265. The first-order valence-electron chi connectivity index (χ1n) is 3.21. The lowest BCUT2D eigenvalue weighted by Crippen LogP contribution is -1.72. The maximum Gasteiger partial charge on any atom is 0.115 e. The summed E-state index contributed by atoms with van der Waals surface area (Å²) < 4.78 is 0. The molecule has 0 aromatic heterocycles. The molecule has 0 radical (unpaired) electrons. The highest BCUT2D eigenvalue weighted by molar-refractivity contribution is 7.80. The van der Waals surface area contributed by atoms with Gasteiger partial charge in [0.05, 0.1) is 5.75 Å². The maximum atomic E-state index is 8.92. The molecule has 1 nitrogen and oxygen atoms in total. The van der Waals surface area contributed by atoms with Gasteiger partial charge in [-0.05, 0) is 24.3 Å². The summed E-state index contributed by atoms with van der Waals surface area (Å²) in [5.74, 6) is 6.52. The number of hydrogen-bond donors (Lipinski definition) is 2. The Morgan fingerprint density at radius 2 is 1.91 bits per heavy atom. The smallest absolute Gasteiger partial charge is 0.115 e. The predicted molar refractivity (Wildman–Crippen MR) is 48.8 cm³/mol. The van der Waals surface area contributed by atoms with Crippen LogP contribution < -0.4 is 0 Å². The van der Waals surface area contributed by atoms with E-state index in [-0.39, 0.29) is 5.75 Å². The molecule has 0 saturated heterocycles. The van der Waals surface area contributed by atoms with Crippen LogP contribution in [-0.4, -0.2) is 10.9 Å². The van der Waals surface area contributed by atoms with E-state index in [4.69, 9.17) is 5.11 Å². The molecule has 1 rings (SSSR count). The van der Waals surface area contributed by atoms with Crippen LogP contribution in [0.15, 0.2) is 24.3 Å². The monoisotopic (exact) mass is 164 g/mol. The van der Waals surface area contributed by atoms with Gasteiger partial charge in [0.25, 0.3) is 0 Å². The molecule has 1 aromatic carbocycles. The molecule has 1 N–H and O–H groups in total. The van der Waals surface area contributed by atoms with Crippen LogP contribution in [0.25, 0.3) is 0 Å².